The fraction of sp³-hybridized carbons (Fsp3) is 0.538. The van der Waals surface area contributed by atoms with Gasteiger partial charge in [0.25, 0.3) is 0 Å². The third-order valence-corrected chi connectivity index (χ3v) is 3.68. The molecule has 1 aromatic rings. The van der Waals surface area contributed by atoms with E-state index < -0.39 is 34.6 Å². The molecule has 116 valence electrons. The fourth-order valence-electron chi connectivity index (χ4n) is 2.65. The van der Waals surface area contributed by atoms with E-state index in [9.17, 15) is 27.7 Å². The van der Waals surface area contributed by atoms with Crippen molar-refractivity contribution < 1.29 is 22.5 Å². The number of nitro benzene ring substituents is 1. The number of nitro groups is 1. The van der Waals surface area contributed by atoms with Gasteiger partial charge in [0.15, 0.2) is 0 Å². The predicted molar refractivity (Wildman–Crippen MR) is 68.5 cm³/mol. The molecule has 0 aromatic heterocycles. The van der Waals surface area contributed by atoms with Crippen LogP contribution in [0.15, 0.2) is 18.2 Å². The van der Waals surface area contributed by atoms with Gasteiger partial charge in [-0.05, 0) is 25.0 Å². The van der Waals surface area contributed by atoms with Crippen LogP contribution in [0, 0.1) is 21.8 Å². The van der Waals surface area contributed by atoms with E-state index in [1.165, 1.54) is 6.07 Å². The first-order valence-electron chi connectivity index (χ1n) is 6.56. The van der Waals surface area contributed by atoms with Crippen molar-refractivity contribution in [3.63, 3.8) is 0 Å². The highest BCUT2D eigenvalue weighted by atomic mass is 19.4. The maximum absolute atomic E-state index is 13.2. The zero-order valence-corrected chi connectivity index (χ0v) is 11.0. The van der Waals surface area contributed by atoms with Crippen molar-refractivity contribution in [3.8, 4) is 0 Å². The van der Waals surface area contributed by atoms with Crippen LogP contribution >= 0.6 is 0 Å². The molecule has 0 saturated heterocycles. The van der Waals surface area contributed by atoms with Crippen LogP contribution in [0.1, 0.15) is 25.7 Å². The summed E-state index contributed by atoms with van der Waals surface area (Å²) in [5.74, 6) is -2.50. The van der Waals surface area contributed by atoms with Gasteiger partial charge in [-0.15, -0.1) is 0 Å². The molecule has 1 aliphatic carbocycles. The molecule has 1 N–H and O–H groups in total. The van der Waals surface area contributed by atoms with Gasteiger partial charge in [0.2, 0.25) is 5.82 Å². The minimum absolute atomic E-state index is 0.0322. The number of hydrogen-bond donors (Lipinski definition) is 1. The van der Waals surface area contributed by atoms with Gasteiger partial charge in [0, 0.05) is 17.8 Å². The summed E-state index contributed by atoms with van der Waals surface area (Å²) in [6.45, 7) is 0. The van der Waals surface area contributed by atoms with Crippen LogP contribution < -0.4 is 5.32 Å². The molecule has 0 heterocycles. The summed E-state index contributed by atoms with van der Waals surface area (Å²) in [6.07, 6.45) is -2.79. The van der Waals surface area contributed by atoms with E-state index in [1.807, 2.05) is 0 Å². The Morgan fingerprint density at radius 3 is 2.52 bits per heavy atom. The molecule has 1 aliphatic rings. The standard InChI is InChI=1S/C13H14F4N2O2/c14-10-6-5-8(7-12(10)19(20)21)18-11-4-2-1-3-9(11)13(15,16)17/h5-7,9,11,18H,1-4H2. The Labute approximate surface area is 118 Å². The quantitative estimate of drug-likeness (QED) is 0.515. The Balaban J connectivity index is 2.20. The molecule has 8 heteroatoms. The minimum Gasteiger partial charge on any atom is -0.381 e. The van der Waals surface area contributed by atoms with Gasteiger partial charge in [-0.2, -0.15) is 17.6 Å². The summed E-state index contributed by atoms with van der Waals surface area (Å²) in [5, 5.41) is 13.3. The highest BCUT2D eigenvalue weighted by Crippen LogP contribution is 2.39. The number of anilines is 1. The van der Waals surface area contributed by atoms with E-state index in [1.54, 1.807) is 0 Å². The first-order valence-corrected chi connectivity index (χ1v) is 6.56. The SMILES string of the molecule is O=[N+]([O-])c1cc(NC2CCCCC2C(F)(F)F)ccc1F. The number of hydrogen-bond acceptors (Lipinski definition) is 3. The van der Waals surface area contributed by atoms with Crippen LogP contribution in [-0.4, -0.2) is 17.1 Å². The average Bonchev–Trinajstić information content (AvgIpc) is 2.40. The number of nitrogens with zero attached hydrogens (tertiary/aromatic N) is 1. The van der Waals surface area contributed by atoms with E-state index in [0.29, 0.717) is 19.3 Å². The lowest BCUT2D eigenvalue weighted by Gasteiger charge is -2.34. The molecule has 2 unspecified atom stereocenters. The maximum atomic E-state index is 13.2. The summed E-state index contributed by atoms with van der Waals surface area (Å²) >= 11 is 0. The second-order valence-corrected chi connectivity index (χ2v) is 5.11. The summed E-state index contributed by atoms with van der Waals surface area (Å²) in [6, 6.07) is 2.18. The topological polar surface area (TPSA) is 55.2 Å². The number of benzene rings is 1. The monoisotopic (exact) mass is 306 g/mol. The molecule has 0 spiro atoms. The van der Waals surface area contributed by atoms with Crippen molar-refractivity contribution >= 4 is 11.4 Å². The van der Waals surface area contributed by atoms with Gasteiger partial charge in [0.05, 0.1) is 10.8 Å². The zero-order chi connectivity index (χ0) is 15.6. The Bertz CT molecular complexity index is 533. The normalized spacial score (nSPS) is 22.9. The summed E-state index contributed by atoms with van der Waals surface area (Å²) in [7, 11) is 0. The first-order chi connectivity index (χ1) is 9.79. The third-order valence-electron chi connectivity index (χ3n) is 3.68. The molecule has 0 aliphatic heterocycles. The van der Waals surface area contributed by atoms with Crippen LogP contribution in [0.3, 0.4) is 0 Å². The van der Waals surface area contributed by atoms with Crippen molar-refractivity contribution in [2.75, 3.05) is 5.32 Å². The Kier molecular flexibility index (Phi) is 4.34. The molecule has 2 rings (SSSR count). The van der Waals surface area contributed by atoms with Gasteiger partial charge >= 0.3 is 11.9 Å². The smallest absolute Gasteiger partial charge is 0.381 e. The van der Waals surface area contributed by atoms with E-state index in [0.717, 1.165) is 12.1 Å². The molecule has 0 bridgehead atoms. The molecule has 1 saturated carbocycles. The number of rotatable bonds is 3. The second-order valence-electron chi connectivity index (χ2n) is 5.11. The predicted octanol–water partition coefficient (Wildman–Crippen LogP) is 4.27. The molecule has 1 fully saturated rings. The highest BCUT2D eigenvalue weighted by molar-refractivity contribution is 5.52. The van der Waals surface area contributed by atoms with E-state index in [-0.39, 0.29) is 12.1 Å². The van der Waals surface area contributed by atoms with Crippen molar-refractivity contribution in [2.45, 2.75) is 37.9 Å². The van der Waals surface area contributed by atoms with Crippen LogP contribution in [0.5, 0.6) is 0 Å². The lowest BCUT2D eigenvalue weighted by atomic mass is 9.84. The molecule has 21 heavy (non-hydrogen) atoms. The number of alkyl halides is 3. The summed E-state index contributed by atoms with van der Waals surface area (Å²) < 4.78 is 52.1. The van der Waals surface area contributed by atoms with E-state index in [2.05, 4.69) is 5.32 Å². The van der Waals surface area contributed by atoms with Gasteiger partial charge in [0.1, 0.15) is 0 Å². The highest BCUT2D eigenvalue weighted by Gasteiger charge is 2.45. The Hall–Kier alpha value is -1.86. The summed E-state index contributed by atoms with van der Waals surface area (Å²) in [4.78, 5) is 9.75. The van der Waals surface area contributed by atoms with Crippen LogP contribution in [0.4, 0.5) is 28.9 Å². The molecular weight excluding hydrogens is 292 g/mol. The maximum Gasteiger partial charge on any atom is 0.393 e. The minimum atomic E-state index is -4.32. The molecule has 2 atom stereocenters. The van der Waals surface area contributed by atoms with Crippen molar-refractivity contribution in [1.82, 2.24) is 0 Å². The van der Waals surface area contributed by atoms with Gasteiger partial charge in [-0.3, -0.25) is 10.1 Å². The molecule has 0 radical (unpaired) electrons. The van der Waals surface area contributed by atoms with Gasteiger partial charge < -0.3 is 5.32 Å². The van der Waals surface area contributed by atoms with E-state index >= 15 is 0 Å². The number of nitrogens with one attached hydrogen (secondary N) is 1. The molecular formula is C13H14F4N2O2. The molecule has 4 nitrogen and oxygen atoms in total. The summed E-state index contributed by atoms with van der Waals surface area (Å²) in [5.41, 5.74) is -0.622. The van der Waals surface area contributed by atoms with Gasteiger partial charge in [-0.25, -0.2) is 0 Å². The van der Waals surface area contributed by atoms with Crippen LogP contribution in [0.2, 0.25) is 0 Å². The lowest BCUT2D eigenvalue weighted by molar-refractivity contribution is -0.387. The Morgan fingerprint density at radius 2 is 1.90 bits per heavy atom. The molecule has 0 amide bonds. The van der Waals surface area contributed by atoms with Crippen molar-refractivity contribution in [3.05, 3.63) is 34.1 Å². The number of halogens is 4. The molecule has 1 aromatic carbocycles. The van der Waals surface area contributed by atoms with Gasteiger partial charge in [-0.1, -0.05) is 12.8 Å². The zero-order valence-electron chi connectivity index (χ0n) is 11.0. The van der Waals surface area contributed by atoms with Crippen LogP contribution in [0.25, 0.3) is 0 Å². The van der Waals surface area contributed by atoms with Crippen molar-refractivity contribution in [2.24, 2.45) is 5.92 Å². The average molecular weight is 306 g/mol. The lowest BCUT2D eigenvalue weighted by Crippen LogP contribution is -2.41. The van der Waals surface area contributed by atoms with Crippen molar-refractivity contribution in [1.29, 1.82) is 0 Å². The largest absolute Gasteiger partial charge is 0.393 e. The van der Waals surface area contributed by atoms with Crippen LogP contribution in [-0.2, 0) is 0 Å². The first kappa shape index (κ1) is 15.5. The Morgan fingerprint density at radius 1 is 1.24 bits per heavy atom. The van der Waals surface area contributed by atoms with E-state index in [4.69, 9.17) is 0 Å². The fourth-order valence-corrected chi connectivity index (χ4v) is 2.65. The third kappa shape index (κ3) is 3.62. The second kappa shape index (κ2) is 5.87.